The van der Waals surface area contributed by atoms with Gasteiger partial charge in [0.2, 0.25) is 0 Å². The van der Waals surface area contributed by atoms with Crippen molar-refractivity contribution in [3.8, 4) is 10.6 Å². The van der Waals surface area contributed by atoms with Gasteiger partial charge in [-0.1, -0.05) is 38.1 Å². The molecule has 0 saturated carbocycles. The van der Waals surface area contributed by atoms with Crippen molar-refractivity contribution in [2.24, 2.45) is 0 Å². The van der Waals surface area contributed by atoms with E-state index in [-0.39, 0.29) is 0 Å². The van der Waals surface area contributed by atoms with E-state index < -0.39 is 0 Å². The molecule has 1 N–H and O–H groups in total. The van der Waals surface area contributed by atoms with E-state index in [1.54, 1.807) is 11.3 Å². The first-order valence-electron chi connectivity index (χ1n) is 6.50. The monoisotopic (exact) mass is 258 g/mol. The maximum atomic E-state index is 4.76. The molecule has 0 atom stereocenters. The molecule has 3 rings (SSSR count). The topological polar surface area (TPSA) is 24.9 Å². The highest BCUT2D eigenvalue weighted by molar-refractivity contribution is 7.13. The Morgan fingerprint density at radius 3 is 2.50 bits per heavy atom. The van der Waals surface area contributed by atoms with Crippen LogP contribution in [0.4, 0.5) is 0 Å². The quantitative estimate of drug-likeness (QED) is 0.909. The van der Waals surface area contributed by atoms with Gasteiger partial charge in [0.1, 0.15) is 5.01 Å². The molecule has 1 aromatic carbocycles. The standard InChI is InChI=1S/C15H18N2S/c1-10(2)11-3-5-12(6-4-11)15-17-14(9-18-15)13-7-16-8-13/h3-6,9-10,13,16H,7-8H2,1-2H3. The van der Waals surface area contributed by atoms with Crippen molar-refractivity contribution in [2.45, 2.75) is 25.7 Å². The van der Waals surface area contributed by atoms with Crippen molar-refractivity contribution in [3.05, 3.63) is 40.9 Å². The van der Waals surface area contributed by atoms with Gasteiger partial charge in [0.05, 0.1) is 5.69 Å². The summed E-state index contributed by atoms with van der Waals surface area (Å²) in [7, 11) is 0. The minimum absolute atomic E-state index is 0.590. The molecule has 1 fully saturated rings. The zero-order chi connectivity index (χ0) is 12.5. The fraction of sp³-hybridized carbons (Fsp3) is 0.400. The van der Waals surface area contributed by atoms with Crippen molar-refractivity contribution >= 4 is 11.3 Å². The predicted molar refractivity (Wildman–Crippen MR) is 77.2 cm³/mol. The summed E-state index contributed by atoms with van der Waals surface area (Å²) in [6, 6.07) is 8.81. The maximum absolute atomic E-state index is 4.76. The molecule has 2 aromatic rings. The van der Waals surface area contributed by atoms with E-state index in [0.717, 1.165) is 18.1 Å². The normalized spacial score (nSPS) is 15.9. The first kappa shape index (κ1) is 11.9. The molecule has 1 aromatic heterocycles. The van der Waals surface area contributed by atoms with Crippen molar-refractivity contribution in [2.75, 3.05) is 13.1 Å². The van der Waals surface area contributed by atoms with E-state index in [9.17, 15) is 0 Å². The Balaban J connectivity index is 1.83. The lowest BCUT2D eigenvalue weighted by Gasteiger charge is -2.25. The Morgan fingerprint density at radius 2 is 1.94 bits per heavy atom. The zero-order valence-electron chi connectivity index (χ0n) is 10.8. The van der Waals surface area contributed by atoms with Crippen molar-refractivity contribution < 1.29 is 0 Å². The highest BCUT2D eigenvalue weighted by Crippen LogP contribution is 2.29. The van der Waals surface area contributed by atoms with Gasteiger partial charge in [0.25, 0.3) is 0 Å². The molecular formula is C15H18N2S. The molecule has 0 bridgehead atoms. The lowest BCUT2D eigenvalue weighted by atomic mass is 10.0. The first-order valence-corrected chi connectivity index (χ1v) is 7.38. The smallest absolute Gasteiger partial charge is 0.123 e. The van der Waals surface area contributed by atoms with Crippen LogP contribution in [0.2, 0.25) is 0 Å². The lowest BCUT2D eigenvalue weighted by Crippen LogP contribution is -2.40. The van der Waals surface area contributed by atoms with Gasteiger partial charge in [-0.15, -0.1) is 11.3 Å². The summed E-state index contributed by atoms with van der Waals surface area (Å²) < 4.78 is 0. The predicted octanol–water partition coefficient (Wildman–Crippen LogP) is 3.62. The SMILES string of the molecule is CC(C)c1ccc(-c2nc(C3CNC3)cs2)cc1. The van der Waals surface area contributed by atoms with Gasteiger partial charge in [0.15, 0.2) is 0 Å². The number of benzene rings is 1. The van der Waals surface area contributed by atoms with Crippen LogP contribution in [0.15, 0.2) is 29.6 Å². The van der Waals surface area contributed by atoms with E-state index in [0.29, 0.717) is 11.8 Å². The van der Waals surface area contributed by atoms with Gasteiger partial charge < -0.3 is 5.32 Å². The number of thiazole rings is 1. The number of hydrogen-bond acceptors (Lipinski definition) is 3. The van der Waals surface area contributed by atoms with E-state index in [1.165, 1.54) is 16.8 Å². The van der Waals surface area contributed by atoms with Gasteiger partial charge in [-0.05, 0) is 11.5 Å². The molecule has 0 radical (unpaired) electrons. The van der Waals surface area contributed by atoms with E-state index >= 15 is 0 Å². The summed E-state index contributed by atoms with van der Waals surface area (Å²) in [6.45, 7) is 6.60. The summed E-state index contributed by atoms with van der Waals surface area (Å²) in [5.41, 5.74) is 3.88. The Labute approximate surface area is 112 Å². The molecule has 0 unspecified atom stereocenters. The zero-order valence-corrected chi connectivity index (χ0v) is 11.6. The van der Waals surface area contributed by atoms with Gasteiger partial charge in [-0.25, -0.2) is 4.98 Å². The molecule has 2 heterocycles. The average Bonchev–Trinajstić information content (AvgIpc) is 2.76. The summed E-state index contributed by atoms with van der Waals surface area (Å²) in [6.07, 6.45) is 0. The van der Waals surface area contributed by atoms with Crippen LogP contribution in [-0.4, -0.2) is 18.1 Å². The molecule has 94 valence electrons. The minimum atomic E-state index is 0.590. The van der Waals surface area contributed by atoms with Crippen LogP contribution in [-0.2, 0) is 0 Å². The van der Waals surface area contributed by atoms with Crippen LogP contribution < -0.4 is 5.32 Å². The number of nitrogens with one attached hydrogen (secondary N) is 1. The number of rotatable bonds is 3. The van der Waals surface area contributed by atoms with E-state index in [1.807, 2.05) is 0 Å². The fourth-order valence-electron chi connectivity index (χ4n) is 2.11. The molecule has 0 spiro atoms. The number of hydrogen-bond donors (Lipinski definition) is 1. The second kappa shape index (κ2) is 4.82. The molecule has 18 heavy (non-hydrogen) atoms. The lowest BCUT2D eigenvalue weighted by molar-refractivity contribution is 0.441. The van der Waals surface area contributed by atoms with Gasteiger partial charge in [-0.2, -0.15) is 0 Å². The molecule has 0 aliphatic carbocycles. The van der Waals surface area contributed by atoms with Gasteiger partial charge in [0, 0.05) is 30.0 Å². The highest BCUT2D eigenvalue weighted by Gasteiger charge is 2.21. The van der Waals surface area contributed by atoms with Crippen LogP contribution in [0.1, 0.15) is 36.9 Å². The molecule has 1 saturated heterocycles. The summed E-state index contributed by atoms with van der Waals surface area (Å²) >= 11 is 1.76. The molecule has 1 aliphatic heterocycles. The Hall–Kier alpha value is -1.19. The second-order valence-corrected chi connectivity index (χ2v) is 6.07. The summed E-state index contributed by atoms with van der Waals surface area (Å²) in [4.78, 5) is 4.76. The van der Waals surface area contributed by atoms with Gasteiger partial charge in [-0.3, -0.25) is 0 Å². The summed E-state index contributed by atoms with van der Waals surface area (Å²) in [5, 5.41) is 6.64. The van der Waals surface area contributed by atoms with Crippen LogP contribution >= 0.6 is 11.3 Å². The third-order valence-corrected chi connectivity index (χ3v) is 4.46. The molecule has 0 amide bonds. The number of aromatic nitrogens is 1. The second-order valence-electron chi connectivity index (χ2n) is 5.21. The van der Waals surface area contributed by atoms with Crippen LogP contribution in [0.3, 0.4) is 0 Å². The van der Waals surface area contributed by atoms with E-state index in [2.05, 4.69) is 48.8 Å². The van der Waals surface area contributed by atoms with Crippen LogP contribution in [0.25, 0.3) is 10.6 Å². The van der Waals surface area contributed by atoms with Crippen molar-refractivity contribution in [3.63, 3.8) is 0 Å². The number of nitrogens with zero attached hydrogens (tertiary/aromatic N) is 1. The maximum Gasteiger partial charge on any atom is 0.123 e. The van der Waals surface area contributed by atoms with E-state index in [4.69, 9.17) is 4.98 Å². The highest BCUT2D eigenvalue weighted by atomic mass is 32.1. The Morgan fingerprint density at radius 1 is 1.22 bits per heavy atom. The largest absolute Gasteiger partial charge is 0.315 e. The first-order chi connectivity index (χ1) is 8.74. The Bertz CT molecular complexity index is 524. The minimum Gasteiger partial charge on any atom is -0.315 e. The van der Waals surface area contributed by atoms with Crippen LogP contribution in [0, 0.1) is 0 Å². The van der Waals surface area contributed by atoms with Crippen molar-refractivity contribution in [1.29, 1.82) is 0 Å². The molecule has 1 aliphatic rings. The molecular weight excluding hydrogens is 240 g/mol. The van der Waals surface area contributed by atoms with Crippen molar-refractivity contribution in [1.82, 2.24) is 10.3 Å². The third-order valence-electron chi connectivity index (χ3n) is 3.55. The molecule has 2 nitrogen and oxygen atoms in total. The molecule has 3 heteroatoms. The Kier molecular flexibility index (Phi) is 3.18. The van der Waals surface area contributed by atoms with Gasteiger partial charge >= 0.3 is 0 Å². The summed E-state index contributed by atoms with van der Waals surface area (Å²) in [5.74, 6) is 1.22. The third kappa shape index (κ3) is 2.20. The van der Waals surface area contributed by atoms with Crippen LogP contribution in [0.5, 0.6) is 0 Å². The average molecular weight is 258 g/mol. The fourth-order valence-corrected chi connectivity index (χ4v) is 3.02.